The molecule has 1 aliphatic heterocycles. The highest BCUT2D eigenvalue weighted by molar-refractivity contribution is 6.00. The van der Waals surface area contributed by atoms with Crippen molar-refractivity contribution >= 4 is 5.78 Å². The van der Waals surface area contributed by atoms with Crippen LogP contribution in [-0.4, -0.2) is 41.0 Å². The second-order valence-electron chi connectivity index (χ2n) is 5.63. The summed E-state index contributed by atoms with van der Waals surface area (Å²) in [4.78, 5) is 14.6. The topological polar surface area (TPSA) is 40.5 Å². The number of carbonyl (C=O) groups excluding carboxylic acids is 1. The van der Waals surface area contributed by atoms with E-state index in [1.54, 1.807) is 0 Å². The van der Waals surface area contributed by atoms with Gasteiger partial charge in [0.2, 0.25) is 0 Å². The number of benzene rings is 1. The first-order chi connectivity index (χ1) is 8.99. The summed E-state index contributed by atoms with van der Waals surface area (Å²) in [5.74, 6) is 0.150. The van der Waals surface area contributed by atoms with E-state index < -0.39 is 0 Å². The standard InChI is InChI=1S/C16H23NO2/c1-11-6-7-14(9-12(11)2)16(19)13(3)17-8-4-5-15(18)10-17/h6-7,9,13,15,18H,4-5,8,10H2,1-3H3. The summed E-state index contributed by atoms with van der Waals surface area (Å²) in [6.07, 6.45) is 1.52. The zero-order valence-electron chi connectivity index (χ0n) is 12.0. The summed E-state index contributed by atoms with van der Waals surface area (Å²) < 4.78 is 0. The lowest BCUT2D eigenvalue weighted by Crippen LogP contribution is -2.46. The Morgan fingerprint density at radius 1 is 1.37 bits per heavy atom. The monoisotopic (exact) mass is 261 g/mol. The lowest BCUT2D eigenvalue weighted by atomic mass is 9.98. The van der Waals surface area contributed by atoms with Crippen LogP contribution in [0.4, 0.5) is 0 Å². The Hall–Kier alpha value is -1.19. The van der Waals surface area contributed by atoms with Crippen LogP contribution in [0.3, 0.4) is 0 Å². The maximum absolute atomic E-state index is 12.5. The average molecular weight is 261 g/mol. The van der Waals surface area contributed by atoms with Gasteiger partial charge in [0.25, 0.3) is 0 Å². The maximum Gasteiger partial charge on any atom is 0.179 e. The van der Waals surface area contributed by atoms with Crippen molar-refractivity contribution in [3.63, 3.8) is 0 Å². The predicted molar refractivity (Wildman–Crippen MR) is 76.5 cm³/mol. The molecule has 0 radical (unpaired) electrons. The summed E-state index contributed by atoms with van der Waals surface area (Å²) in [7, 11) is 0. The number of Topliss-reactive ketones (excluding diaryl/α,β-unsaturated/α-hetero) is 1. The van der Waals surface area contributed by atoms with Crippen molar-refractivity contribution in [1.29, 1.82) is 0 Å². The molecule has 3 heteroatoms. The molecular weight excluding hydrogens is 238 g/mol. The van der Waals surface area contributed by atoms with E-state index >= 15 is 0 Å². The molecule has 3 nitrogen and oxygen atoms in total. The number of aryl methyl sites for hydroxylation is 2. The van der Waals surface area contributed by atoms with E-state index in [0.717, 1.165) is 30.5 Å². The number of aliphatic hydroxyl groups excluding tert-OH is 1. The smallest absolute Gasteiger partial charge is 0.179 e. The minimum atomic E-state index is -0.288. The van der Waals surface area contributed by atoms with Crippen LogP contribution in [0.1, 0.15) is 41.3 Å². The van der Waals surface area contributed by atoms with Gasteiger partial charge in [-0.25, -0.2) is 0 Å². The van der Waals surface area contributed by atoms with Crippen LogP contribution in [0.2, 0.25) is 0 Å². The van der Waals surface area contributed by atoms with E-state index in [4.69, 9.17) is 0 Å². The molecule has 0 bridgehead atoms. The highest BCUT2D eigenvalue weighted by Crippen LogP contribution is 2.17. The molecule has 19 heavy (non-hydrogen) atoms. The molecule has 0 amide bonds. The number of likely N-dealkylation sites (tertiary alicyclic amines) is 1. The van der Waals surface area contributed by atoms with Crippen LogP contribution in [-0.2, 0) is 0 Å². The molecule has 1 saturated heterocycles. The van der Waals surface area contributed by atoms with Gasteiger partial charge in [0.15, 0.2) is 5.78 Å². The fourth-order valence-electron chi connectivity index (χ4n) is 2.64. The number of rotatable bonds is 3. The van der Waals surface area contributed by atoms with Crippen molar-refractivity contribution in [3.8, 4) is 0 Å². The van der Waals surface area contributed by atoms with Crippen molar-refractivity contribution in [2.75, 3.05) is 13.1 Å². The van der Waals surface area contributed by atoms with Crippen LogP contribution in [0.25, 0.3) is 0 Å². The third kappa shape index (κ3) is 3.23. The molecule has 104 valence electrons. The van der Waals surface area contributed by atoms with E-state index in [1.807, 2.05) is 39.0 Å². The molecule has 1 aromatic rings. The number of ketones is 1. The minimum absolute atomic E-state index is 0.150. The largest absolute Gasteiger partial charge is 0.392 e. The van der Waals surface area contributed by atoms with Gasteiger partial charge in [-0.3, -0.25) is 9.69 Å². The summed E-state index contributed by atoms with van der Waals surface area (Å²) >= 11 is 0. The first-order valence-electron chi connectivity index (χ1n) is 7.02. The van der Waals surface area contributed by atoms with Gasteiger partial charge in [-0.05, 0) is 57.4 Å². The van der Waals surface area contributed by atoms with Gasteiger partial charge in [-0.15, -0.1) is 0 Å². The van der Waals surface area contributed by atoms with Crippen molar-refractivity contribution in [3.05, 3.63) is 34.9 Å². The summed E-state index contributed by atoms with van der Waals surface area (Å²) in [5, 5.41) is 9.71. The zero-order valence-corrected chi connectivity index (χ0v) is 12.0. The van der Waals surface area contributed by atoms with E-state index in [0.29, 0.717) is 6.54 Å². The number of aliphatic hydroxyl groups is 1. The number of hydrogen-bond donors (Lipinski definition) is 1. The second kappa shape index (κ2) is 5.85. The van der Waals surface area contributed by atoms with Gasteiger partial charge in [0, 0.05) is 12.1 Å². The zero-order chi connectivity index (χ0) is 14.0. The summed E-state index contributed by atoms with van der Waals surface area (Å²) in [6.45, 7) is 7.53. The Morgan fingerprint density at radius 2 is 2.11 bits per heavy atom. The van der Waals surface area contributed by atoms with E-state index in [-0.39, 0.29) is 17.9 Å². The number of hydrogen-bond acceptors (Lipinski definition) is 3. The van der Waals surface area contributed by atoms with Crippen molar-refractivity contribution in [2.24, 2.45) is 0 Å². The molecule has 2 rings (SSSR count). The van der Waals surface area contributed by atoms with Gasteiger partial charge in [-0.2, -0.15) is 0 Å². The molecule has 0 aliphatic carbocycles. The molecule has 0 aromatic heterocycles. The van der Waals surface area contributed by atoms with Crippen LogP contribution in [0.5, 0.6) is 0 Å². The second-order valence-corrected chi connectivity index (χ2v) is 5.63. The van der Waals surface area contributed by atoms with Crippen molar-refractivity contribution < 1.29 is 9.90 Å². The molecule has 0 spiro atoms. The fraction of sp³-hybridized carbons (Fsp3) is 0.562. The molecule has 1 fully saturated rings. The van der Waals surface area contributed by atoms with Crippen LogP contribution < -0.4 is 0 Å². The van der Waals surface area contributed by atoms with Gasteiger partial charge in [0.05, 0.1) is 12.1 Å². The van der Waals surface area contributed by atoms with Crippen LogP contribution in [0.15, 0.2) is 18.2 Å². The van der Waals surface area contributed by atoms with E-state index in [1.165, 1.54) is 5.56 Å². The Labute approximate surface area is 115 Å². The normalized spacial score (nSPS) is 22.2. The van der Waals surface area contributed by atoms with Crippen molar-refractivity contribution in [2.45, 2.75) is 45.8 Å². The molecule has 2 unspecified atom stereocenters. The molecule has 1 aliphatic rings. The highest BCUT2D eigenvalue weighted by Gasteiger charge is 2.27. The third-order valence-electron chi connectivity index (χ3n) is 4.15. The molecule has 1 N–H and O–H groups in total. The average Bonchev–Trinajstić information content (AvgIpc) is 2.40. The number of nitrogens with zero attached hydrogens (tertiary/aromatic N) is 1. The van der Waals surface area contributed by atoms with E-state index in [9.17, 15) is 9.90 Å². The fourth-order valence-corrected chi connectivity index (χ4v) is 2.64. The van der Waals surface area contributed by atoms with Crippen LogP contribution in [0, 0.1) is 13.8 Å². The molecule has 0 saturated carbocycles. The van der Waals surface area contributed by atoms with Gasteiger partial charge in [0.1, 0.15) is 0 Å². The lowest BCUT2D eigenvalue weighted by Gasteiger charge is -2.34. The third-order valence-corrected chi connectivity index (χ3v) is 4.15. The Kier molecular flexibility index (Phi) is 4.38. The van der Waals surface area contributed by atoms with Crippen LogP contribution >= 0.6 is 0 Å². The quantitative estimate of drug-likeness (QED) is 0.849. The minimum Gasteiger partial charge on any atom is -0.392 e. The maximum atomic E-state index is 12.5. The van der Waals surface area contributed by atoms with Gasteiger partial charge in [-0.1, -0.05) is 12.1 Å². The van der Waals surface area contributed by atoms with E-state index in [2.05, 4.69) is 4.90 Å². The number of piperidine rings is 1. The van der Waals surface area contributed by atoms with Gasteiger partial charge >= 0.3 is 0 Å². The van der Waals surface area contributed by atoms with Crippen molar-refractivity contribution in [1.82, 2.24) is 4.90 Å². The summed E-state index contributed by atoms with van der Waals surface area (Å²) in [6, 6.07) is 5.72. The Morgan fingerprint density at radius 3 is 2.74 bits per heavy atom. The van der Waals surface area contributed by atoms with Gasteiger partial charge < -0.3 is 5.11 Å². The Bertz CT molecular complexity index is 470. The SMILES string of the molecule is Cc1ccc(C(=O)C(C)N2CCCC(O)C2)cc1C. The first-order valence-corrected chi connectivity index (χ1v) is 7.02. The lowest BCUT2D eigenvalue weighted by molar-refractivity contribution is 0.0454. The predicted octanol–water partition coefficient (Wildman–Crippen LogP) is 2.33. The summed E-state index contributed by atoms with van der Waals surface area (Å²) in [5.41, 5.74) is 3.13. The first kappa shape index (κ1) is 14.2. The highest BCUT2D eigenvalue weighted by atomic mass is 16.3. The molecule has 2 atom stereocenters. The molecular formula is C16H23NO2. The molecule has 1 heterocycles. The Balaban J connectivity index is 2.11. The number of β-amino-alcohol motifs (C(OH)–C–C–N with tert-alkyl or cyclic N) is 1. The molecule has 1 aromatic carbocycles. The number of carbonyl (C=O) groups is 1.